The zero-order valence-corrected chi connectivity index (χ0v) is 16.7. The van der Waals surface area contributed by atoms with E-state index in [1.54, 1.807) is 16.9 Å². The van der Waals surface area contributed by atoms with E-state index in [4.69, 9.17) is 4.74 Å². The molecule has 3 rings (SSSR count). The lowest BCUT2D eigenvalue weighted by molar-refractivity contribution is -0.141. The van der Waals surface area contributed by atoms with E-state index >= 15 is 0 Å². The van der Waals surface area contributed by atoms with E-state index in [9.17, 15) is 14.4 Å². The number of hydrogen-bond acceptors (Lipinski definition) is 4. The van der Waals surface area contributed by atoms with Gasteiger partial charge in [-0.05, 0) is 24.8 Å². The molecule has 1 aromatic rings. The van der Waals surface area contributed by atoms with E-state index in [0.717, 1.165) is 5.56 Å². The molecule has 28 heavy (non-hydrogen) atoms. The molecule has 0 aromatic heterocycles. The van der Waals surface area contributed by atoms with Gasteiger partial charge in [-0.15, -0.1) is 0 Å². The highest BCUT2D eigenvalue weighted by molar-refractivity contribution is 6.07. The SMILES string of the molecule is CCC(=O)N1CCC2(CC1)C(=O)N(CCCOC)C(=O)N2Cc1ccccc1. The minimum atomic E-state index is -0.857. The number of carbonyl (C=O) groups excluding carboxylic acids is 3. The van der Waals surface area contributed by atoms with Crippen molar-refractivity contribution < 1.29 is 19.1 Å². The summed E-state index contributed by atoms with van der Waals surface area (Å²) in [7, 11) is 1.61. The Kier molecular flexibility index (Phi) is 6.34. The third kappa shape index (κ3) is 3.76. The summed E-state index contributed by atoms with van der Waals surface area (Å²) in [5, 5.41) is 0. The van der Waals surface area contributed by atoms with Gasteiger partial charge in [0.15, 0.2) is 0 Å². The number of methoxy groups -OCH3 is 1. The smallest absolute Gasteiger partial charge is 0.327 e. The second kappa shape index (κ2) is 8.73. The number of carbonyl (C=O) groups is 3. The van der Waals surface area contributed by atoms with E-state index in [1.807, 2.05) is 37.3 Å². The van der Waals surface area contributed by atoms with Gasteiger partial charge in [0.05, 0.1) is 0 Å². The van der Waals surface area contributed by atoms with Crippen LogP contribution in [0, 0.1) is 0 Å². The first-order valence-electron chi connectivity index (χ1n) is 9.97. The highest BCUT2D eigenvalue weighted by Crippen LogP contribution is 2.38. The summed E-state index contributed by atoms with van der Waals surface area (Å²) in [6.07, 6.45) is 2.04. The molecule has 2 fully saturated rings. The third-order valence-electron chi connectivity index (χ3n) is 5.78. The second-order valence-electron chi connectivity index (χ2n) is 7.42. The van der Waals surface area contributed by atoms with Crippen molar-refractivity contribution in [3.8, 4) is 0 Å². The number of nitrogens with zero attached hydrogens (tertiary/aromatic N) is 3. The van der Waals surface area contributed by atoms with Crippen molar-refractivity contribution in [2.75, 3.05) is 33.4 Å². The van der Waals surface area contributed by atoms with E-state index in [1.165, 1.54) is 4.90 Å². The van der Waals surface area contributed by atoms with Crippen molar-refractivity contribution in [3.63, 3.8) is 0 Å². The summed E-state index contributed by atoms with van der Waals surface area (Å²) in [5.41, 5.74) is 0.138. The van der Waals surface area contributed by atoms with Crippen molar-refractivity contribution >= 4 is 17.8 Å². The standard InChI is InChI=1S/C21H29N3O4/c1-3-18(25)22-13-10-21(11-14-22)19(26)23(12-7-15-28-2)20(27)24(21)16-17-8-5-4-6-9-17/h4-6,8-9H,3,7,10-16H2,1-2H3. The minimum Gasteiger partial charge on any atom is -0.385 e. The van der Waals surface area contributed by atoms with Crippen LogP contribution < -0.4 is 0 Å². The first-order valence-corrected chi connectivity index (χ1v) is 9.97. The van der Waals surface area contributed by atoms with Gasteiger partial charge in [0.2, 0.25) is 5.91 Å². The molecule has 2 aliphatic rings. The number of ether oxygens (including phenoxy) is 1. The Balaban J connectivity index is 1.84. The van der Waals surface area contributed by atoms with Gasteiger partial charge in [0.1, 0.15) is 5.54 Å². The fourth-order valence-corrected chi connectivity index (χ4v) is 4.16. The first kappa shape index (κ1) is 20.3. The van der Waals surface area contributed by atoms with Gasteiger partial charge >= 0.3 is 6.03 Å². The number of piperidine rings is 1. The van der Waals surface area contributed by atoms with Crippen LogP contribution in [0.4, 0.5) is 4.79 Å². The molecule has 0 atom stereocenters. The molecule has 2 saturated heterocycles. The van der Waals surface area contributed by atoms with Crippen molar-refractivity contribution in [1.82, 2.24) is 14.7 Å². The predicted molar refractivity (Wildman–Crippen MR) is 104 cm³/mol. The quantitative estimate of drug-likeness (QED) is 0.532. The topological polar surface area (TPSA) is 70.2 Å². The van der Waals surface area contributed by atoms with E-state index in [-0.39, 0.29) is 17.8 Å². The van der Waals surface area contributed by atoms with Crippen LogP contribution in [0.3, 0.4) is 0 Å². The molecule has 1 aromatic carbocycles. The molecular formula is C21H29N3O4. The Bertz CT molecular complexity index is 714. The van der Waals surface area contributed by atoms with Crippen LogP contribution in [0.1, 0.15) is 38.2 Å². The van der Waals surface area contributed by atoms with Gasteiger partial charge in [0, 0.05) is 46.3 Å². The summed E-state index contributed by atoms with van der Waals surface area (Å²) < 4.78 is 5.08. The van der Waals surface area contributed by atoms with Crippen molar-refractivity contribution in [2.45, 2.75) is 44.7 Å². The average Bonchev–Trinajstić information content (AvgIpc) is 2.91. The van der Waals surface area contributed by atoms with E-state index in [2.05, 4.69) is 0 Å². The van der Waals surface area contributed by atoms with Crippen LogP contribution >= 0.6 is 0 Å². The van der Waals surface area contributed by atoms with E-state index in [0.29, 0.717) is 58.5 Å². The van der Waals surface area contributed by atoms with Gasteiger partial charge in [-0.1, -0.05) is 37.3 Å². The van der Waals surface area contributed by atoms with Crippen LogP contribution in [0.2, 0.25) is 0 Å². The zero-order chi connectivity index (χ0) is 20.1. The Morgan fingerprint density at radius 1 is 1.14 bits per heavy atom. The molecule has 0 unspecified atom stereocenters. The fourth-order valence-electron chi connectivity index (χ4n) is 4.16. The Labute approximate surface area is 166 Å². The normalized spacial score (nSPS) is 19.0. The van der Waals surface area contributed by atoms with Crippen molar-refractivity contribution in [1.29, 1.82) is 0 Å². The van der Waals surface area contributed by atoms with Crippen LogP contribution in [-0.4, -0.2) is 71.4 Å². The summed E-state index contributed by atoms with van der Waals surface area (Å²) >= 11 is 0. The molecule has 0 aliphatic carbocycles. The largest absolute Gasteiger partial charge is 0.385 e. The molecule has 0 radical (unpaired) electrons. The Morgan fingerprint density at radius 3 is 2.43 bits per heavy atom. The highest BCUT2D eigenvalue weighted by Gasteiger charge is 2.57. The Hall–Kier alpha value is -2.41. The van der Waals surface area contributed by atoms with Gasteiger partial charge in [0.25, 0.3) is 5.91 Å². The summed E-state index contributed by atoms with van der Waals surface area (Å²) in [6.45, 7) is 4.10. The first-order chi connectivity index (χ1) is 13.5. The van der Waals surface area contributed by atoms with Gasteiger partial charge in [-0.3, -0.25) is 14.5 Å². The van der Waals surface area contributed by atoms with Gasteiger partial charge in [-0.2, -0.15) is 0 Å². The minimum absolute atomic E-state index is 0.0955. The molecule has 7 nitrogen and oxygen atoms in total. The molecular weight excluding hydrogens is 358 g/mol. The predicted octanol–water partition coefficient (Wildman–Crippen LogP) is 2.26. The highest BCUT2D eigenvalue weighted by atomic mass is 16.5. The van der Waals surface area contributed by atoms with Crippen LogP contribution in [-0.2, 0) is 20.9 Å². The lowest BCUT2D eigenvalue weighted by atomic mass is 9.85. The summed E-state index contributed by atoms with van der Waals surface area (Å²) in [5.74, 6) is -0.0358. The molecule has 7 heteroatoms. The van der Waals surface area contributed by atoms with Gasteiger partial charge in [-0.25, -0.2) is 4.79 Å². The summed E-state index contributed by atoms with van der Waals surface area (Å²) in [4.78, 5) is 43.5. The lowest BCUT2D eigenvalue weighted by Crippen LogP contribution is -2.57. The fraction of sp³-hybridized carbons (Fsp3) is 0.571. The van der Waals surface area contributed by atoms with Crippen molar-refractivity contribution in [2.24, 2.45) is 0 Å². The average molecular weight is 387 g/mol. The van der Waals surface area contributed by atoms with Crippen LogP contribution in [0.25, 0.3) is 0 Å². The maximum atomic E-state index is 13.4. The number of likely N-dealkylation sites (tertiary alicyclic amines) is 1. The molecule has 152 valence electrons. The monoisotopic (exact) mass is 387 g/mol. The molecule has 2 aliphatic heterocycles. The second-order valence-corrected chi connectivity index (χ2v) is 7.42. The maximum absolute atomic E-state index is 13.4. The molecule has 1 spiro atoms. The van der Waals surface area contributed by atoms with Crippen LogP contribution in [0.5, 0.6) is 0 Å². The number of imide groups is 1. The van der Waals surface area contributed by atoms with E-state index < -0.39 is 5.54 Å². The molecule has 2 heterocycles. The number of urea groups is 1. The number of hydrogen-bond donors (Lipinski definition) is 0. The Morgan fingerprint density at radius 2 is 1.82 bits per heavy atom. The van der Waals surface area contributed by atoms with Crippen LogP contribution in [0.15, 0.2) is 30.3 Å². The number of benzene rings is 1. The third-order valence-corrected chi connectivity index (χ3v) is 5.78. The molecule has 0 saturated carbocycles. The molecule has 4 amide bonds. The molecule has 0 N–H and O–H groups in total. The van der Waals surface area contributed by atoms with Gasteiger partial charge < -0.3 is 14.5 Å². The number of amides is 4. The van der Waals surface area contributed by atoms with Crippen molar-refractivity contribution in [3.05, 3.63) is 35.9 Å². The summed E-state index contributed by atoms with van der Waals surface area (Å²) in [6, 6.07) is 9.50. The maximum Gasteiger partial charge on any atom is 0.327 e. The number of rotatable bonds is 7. The molecule has 0 bridgehead atoms. The lowest BCUT2D eigenvalue weighted by Gasteiger charge is -2.42. The zero-order valence-electron chi connectivity index (χ0n) is 16.7.